The summed E-state index contributed by atoms with van der Waals surface area (Å²) in [7, 11) is 0. The molecule has 2 unspecified atom stereocenters. The van der Waals surface area contributed by atoms with Gasteiger partial charge in [0.15, 0.2) is 0 Å². The van der Waals surface area contributed by atoms with Gasteiger partial charge in [0, 0.05) is 6.54 Å². The van der Waals surface area contributed by atoms with E-state index in [-0.39, 0.29) is 24.1 Å². The van der Waals surface area contributed by atoms with Crippen LogP contribution in [0.5, 0.6) is 0 Å². The van der Waals surface area contributed by atoms with E-state index in [1.165, 1.54) is 6.07 Å². The lowest BCUT2D eigenvalue weighted by molar-refractivity contribution is -0.125. The number of carboxylic acids is 1. The number of aromatic carboxylic acids is 1. The molecule has 0 bridgehead atoms. The van der Waals surface area contributed by atoms with Gasteiger partial charge in [-0.15, -0.1) is 0 Å². The molecule has 2 rings (SSSR count). The molecule has 1 aliphatic heterocycles. The van der Waals surface area contributed by atoms with E-state index in [0.29, 0.717) is 18.2 Å². The SMILES string of the molecule is CC1CNCC1C(=O)NCc1ccc(C(=O)O)o1. The first-order valence-corrected chi connectivity index (χ1v) is 5.88. The van der Waals surface area contributed by atoms with Gasteiger partial charge in [-0.05, 0) is 24.6 Å². The van der Waals surface area contributed by atoms with Gasteiger partial charge in [-0.2, -0.15) is 0 Å². The van der Waals surface area contributed by atoms with Crippen molar-refractivity contribution in [1.82, 2.24) is 10.6 Å². The molecule has 1 amide bonds. The molecule has 0 aliphatic carbocycles. The van der Waals surface area contributed by atoms with E-state index in [1.807, 2.05) is 6.92 Å². The third-order valence-corrected chi connectivity index (χ3v) is 3.16. The maximum atomic E-state index is 11.9. The van der Waals surface area contributed by atoms with Gasteiger partial charge in [-0.3, -0.25) is 4.79 Å². The van der Waals surface area contributed by atoms with Crippen LogP contribution in [-0.4, -0.2) is 30.1 Å². The first-order chi connectivity index (χ1) is 8.58. The minimum Gasteiger partial charge on any atom is -0.475 e. The van der Waals surface area contributed by atoms with E-state index >= 15 is 0 Å². The van der Waals surface area contributed by atoms with Crippen LogP contribution in [0, 0.1) is 11.8 Å². The van der Waals surface area contributed by atoms with Crippen LogP contribution >= 0.6 is 0 Å². The van der Waals surface area contributed by atoms with Gasteiger partial charge in [0.05, 0.1) is 12.5 Å². The summed E-state index contributed by atoms with van der Waals surface area (Å²) >= 11 is 0. The lowest BCUT2D eigenvalue weighted by Gasteiger charge is -2.13. The lowest BCUT2D eigenvalue weighted by Crippen LogP contribution is -2.33. The summed E-state index contributed by atoms with van der Waals surface area (Å²) in [5.74, 6) is -0.522. The minimum atomic E-state index is -1.11. The first kappa shape index (κ1) is 12.6. The molecule has 1 saturated heterocycles. The van der Waals surface area contributed by atoms with E-state index in [2.05, 4.69) is 10.6 Å². The normalized spacial score (nSPS) is 22.9. The molecule has 98 valence electrons. The summed E-state index contributed by atoms with van der Waals surface area (Å²) < 4.78 is 5.06. The largest absolute Gasteiger partial charge is 0.475 e. The fourth-order valence-corrected chi connectivity index (χ4v) is 2.05. The van der Waals surface area contributed by atoms with Gasteiger partial charge in [-0.25, -0.2) is 4.79 Å². The van der Waals surface area contributed by atoms with Crippen LogP contribution in [0.2, 0.25) is 0 Å². The number of carbonyl (C=O) groups is 2. The van der Waals surface area contributed by atoms with Gasteiger partial charge in [0.1, 0.15) is 5.76 Å². The van der Waals surface area contributed by atoms with Crippen molar-refractivity contribution in [2.45, 2.75) is 13.5 Å². The van der Waals surface area contributed by atoms with Crippen molar-refractivity contribution >= 4 is 11.9 Å². The Bertz CT molecular complexity index is 455. The fourth-order valence-electron chi connectivity index (χ4n) is 2.05. The van der Waals surface area contributed by atoms with Gasteiger partial charge in [0.25, 0.3) is 0 Å². The second-order valence-corrected chi connectivity index (χ2v) is 4.53. The van der Waals surface area contributed by atoms with Crippen LogP contribution < -0.4 is 10.6 Å². The van der Waals surface area contributed by atoms with Crippen LogP contribution in [0.4, 0.5) is 0 Å². The van der Waals surface area contributed by atoms with Crippen molar-refractivity contribution < 1.29 is 19.1 Å². The summed E-state index contributed by atoms with van der Waals surface area (Å²) in [6, 6.07) is 2.93. The molecule has 0 spiro atoms. The van der Waals surface area contributed by atoms with Crippen LogP contribution in [0.1, 0.15) is 23.2 Å². The predicted molar refractivity (Wildman–Crippen MR) is 63.0 cm³/mol. The topological polar surface area (TPSA) is 91.6 Å². The highest BCUT2D eigenvalue weighted by atomic mass is 16.4. The average Bonchev–Trinajstić information content (AvgIpc) is 2.94. The Morgan fingerprint density at radius 2 is 2.28 bits per heavy atom. The van der Waals surface area contributed by atoms with E-state index in [4.69, 9.17) is 9.52 Å². The quantitative estimate of drug-likeness (QED) is 0.723. The highest BCUT2D eigenvalue weighted by molar-refractivity contribution is 5.84. The number of hydrogen-bond donors (Lipinski definition) is 3. The molecule has 2 heterocycles. The molecule has 1 aromatic rings. The summed E-state index contributed by atoms with van der Waals surface area (Å²) in [4.78, 5) is 22.5. The van der Waals surface area contributed by atoms with Crippen LogP contribution in [0.15, 0.2) is 16.5 Å². The monoisotopic (exact) mass is 252 g/mol. The number of furan rings is 1. The fraction of sp³-hybridized carbons (Fsp3) is 0.500. The van der Waals surface area contributed by atoms with E-state index in [9.17, 15) is 9.59 Å². The smallest absolute Gasteiger partial charge is 0.371 e. The van der Waals surface area contributed by atoms with E-state index in [1.54, 1.807) is 6.07 Å². The third-order valence-electron chi connectivity index (χ3n) is 3.16. The zero-order chi connectivity index (χ0) is 13.1. The Hall–Kier alpha value is -1.82. The van der Waals surface area contributed by atoms with Crippen molar-refractivity contribution in [2.75, 3.05) is 13.1 Å². The van der Waals surface area contributed by atoms with Crippen molar-refractivity contribution in [3.05, 3.63) is 23.7 Å². The molecule has 1 aliphatic rings. The molecule has 18 heavy (non-hydrogen) atoms. The average molecular weight is 252 g/mol. The number of carbonyl (C=O) groups excluding carboxylic acids is 1. The molecular formula is C12H16N2O4. The zero-order valence-electron chi connectivity index (χ0n) is 10.1. The summed E-state index contributed by atoms with van der Waals surface area (Å²) in [6.45, 7) is 3.78. The molecular weight excluding hydrogens is 236 g/mol. The number of nitrogens with one attached hydrogen (secondary N) is 2. The summed E-state index contributed by atoms with van der Waals surface area (Å²) in [5, 5.41) is 14.6. The van der Waals surface area contributed by atoms with Crippen molar-refractivity contribution in [3.8, 4) is 0 Å². The lowest BCUT2D eigenvalue weighted by atomic mass is 9.97. The number of amides is 1. The Morgan fingerprint density at radius 3 is 2.83 bits per heavy atom. The Labute approximate surface area is 104 Å². The highest BCUT2D eigenvalue weighted by Crippen LogP contribution is 2.16. The standard InChI is InChI=1S/C12H16N2O4/c1-7-4-13-6-9(7)11(15)14-5-8-2-3-10(18-8)12(16)17/h2-3,7,9,13H,4-6H2,1H3,(H,14,15)(H,16,17). The molecule has 0 radical (unpaired) electrons. The second-order valence-electron chi connectivity index (χ2n) is 4.53. The molecule has 0 saturated carbocycles. The highest BCUT2D eigenvalue weighted by Gasteiger charge is 2.29. The second kappa shape index (κ2) is 5.22. The van der Waals surface area contributed by atoms with Crippen LogP contribution in [0.25, 0.3) is 0 Å². The summed E-state index contributed by atoms with van der Waals surface area (Å²) in [6.07, 6.45) is 0. The predicted octanol–water partition coefficient (Wildman–Crippen LogP) is 0.450. The molecule has 6 heteroatoms. The van der Waals surface area contributed by atoms with Crippen LogP contribution in [0.3, 0.4) is 0 Å². The van der Waals surface area contributed by atoms with Crippen molar-refractivity contribution in [2.24, 2.45) is 11.8 Å². The van der Waals surface area contributed by atoms with E-state index in [0.717, 1.165) is 6.54 Å². The number of carboxylic acid groups (broad SMARTS) is 1. The molecule has 1 fully saturated rings. The maximum Gasteiger partial charge on any atom is 0.371 e. The van der Waals surface area contributed by atoms with Crippen molar-refractivity contribution in [3.63, 3.8) is 0 Å². The molecule has 6 nitrogen and oxygen atoms in total. The maximum absolute atomic E-state index is 11.9. The van der Waals surface area contributed by atoms with Gasteiger partial charge < -0.3 is 20.2 Å². The Kier molecular flexibility index (Phi) is 3.66. The molecule has 2 atom stereocenters. The van der Waals surface area contributed by atoms with Crippen molar-refractivity contribution in [1.29, 1.82) is 0 Å². The molecule has 0 aromatic carbocycles. The Balaban J connectivity index is 1.87. The summed E-state index contributed by atoms with van der Waals surface area (Å²) in [5.41, 5.74) is 0. The third kappa shape index (κ3) is 2.70. The Morgan fingerprint density at radius 1 is 1.50 bits per heavy atom. The number of hydrogen-bond acceptors (Lipinski definition) is 4. The zero-order valence-corrected chi connectivity index (χ0v) is 10.1. The molecule has 1 aromatic heterocycles. The number of rotatable bonds is 4. The minimum absolute atomic E-state index is 0.0271. The first-order valence-electron chi connectivity index (χ1n) is 5.88. The van der Waals surface area contributed by atoms with E-state index < -0.39 is 5.97 Å². The van der Waals surface area contributed by atoms with Crippen LogP contribution in [-0.2, 0) is 11.3 Å². The van der Waals surface area contributed by atoms with Gasteiger partial charge in [-0.1, -0.05) is 6.92 Å². The molecule has 3 N–H and O–H groups in total. The van der Waals surface area contributed by atoms with Gasteiger partial charge in [0.2, 0.25) is 11.7 Å². The van der Waals surface area contributed by atoms with Gasteiger partial charge >= 0.3 is 5.97 Å².